The highest BCUT2D eigenvalue weighted by Crippen LogP contribution is 2.28. The fourth-order valence-electron chi connectivity index (χ4n) is 2.57. The van der Waals surface area contributed by atoms with Crippen molar-refractivity contribution in [2.45, 2.75) is 24.9 Å². The lowest BCUT2D eigenvalue weighted by molar-refractivity contribution is -0.139. The van der Waals surface area contributed by atoms with Gasteiger partial charge in [-0.1, -0.05) is 48.5 Å². The topological polar surface area (TPSA) is 127 Å². The highest BCUT2D eigenvalue weighted by Gasteiger charge is 2.18. The fourth-order valence-corrected chi connectivity index (χ4v) is 2.57. The Hall–Kier alpha value is -2.70. The number of benzene rings is 2. The molecule has 24 heavy (non-hydrogen) atoms. The van der Waals surface area contributed by atoms with Gasteiger partial charge in [0.1, 0.15) is 12.1 Å². The van der Waals surface area contributed by atoms with Gasteiger partial charge in [0.15, 0.2) is 0 Å². The summed E-state index contributed by atoms with van der Waals surface area (Å²) in [6, 6.07) is 12.7. The number of nitrogens with two attached hydrogens (primary N) is 2. The smallest absolute Gasteiger partial charge is 0.320 e. The molecule has 0 spiro atoms. The zero-order chi connectivity index (χ0) is 17.7. The van der Waals surface area contributed by atoms with E-state index in [0.717, 1.165) is 22.3 Å². The number of aliphatic carboxylic acids is 2. The summed E-state index contributed by atoms with van der Waals surface area (Å²) in [6.45, 7) is 0. The van der Waals surface area contributed by atoms with Gasteiger partial charge in [0.2, 0.25) is 0 Å². The molecule has 2 aromatic carbocycles. The van der Waals surface area contributed by atoms with Gasteiger partial charge in [0.25, 0.3) is 0 Å². The van der Waals surface area contributed by atoms with Gasteiger partial charge < -0.3 is 21.7 Å². The number of carboxylic acids is 2. The minimum Gasteiger partial charge on any atom is -0.480 e. The van der Waals surface area contributed by atoms with Crippen LogP contribution in [0.25, 0.3) is 11.1 Å². The SMILES string of the molecule is NC(Cc1ccccc1-c1ccccc1CC(N)C(=O)O)C(=O)O. The second-order valence-electron chi connectivity index (χ2n) is 5.61. The maximum atomic E-state index is 11.0. The van der Waals surface area contributed by atoms with Crippen molar-refractivity contribution in [1.82, 2.24) is 0 Å². The van der Waals surface area contributed by atoms with E-state index >= 15 is 0 Å². The van der Waals surface area contributed by atoms with Crippen LogP contribution >= 0.6 is 0 Å². The van der Waals surface area contributed by atoms with Gasteiger partial charge >= 0.3 is 11.9 Å². The van der Waals surface area contributed by atoms with E-state index in [1.54, 1.807) is 0 Å². The molecule has 0 aliphatic carbocycles. The molecule has 6 N–H and O–H groups in total. The normalized spacial score (nSPS) is 13.2. The highest BCUT2D eigenvalue weighted by molar-refractivity contribution is 5.77. The van der Waals surface area contributed by atoms with Crippen LogP contribution in [-0.4, -0.2) is 34.2 Å². The van der Waals surface area contributed by atoms with E-state index in [2.05, 4.69) is 0 Å². The first-order chi connectivity index (χ1) is 11.4. The Bertz CT molecular complexity index is 682. The quantitative estimate of drug-likeness (QED) is 0.606. The molecule has 0 radical (unpaired) electrons. The Morgan fingerprint density at radius 2 is 1.08 bits per heavy atom. The Morgan fingerprint density at radius 1 is 0.750 bits per heavy atom. The van der Waals surface area contributed by atoms with E-state index in [1.807, 2.05) is 48.5 Å². The molecular weight excluding hydrogens is 308 g/mol. The summed E-state index contributed by atoms with van der Waals surface area (Å²) in [5.74, 6) is -2.13. The van der Waals surface area contributed by atoms with Crippen LogP contribution in [-0.2, 0) is 22.4 Å². The van der Waals surface area contributed by atoms with Gasteiger partial charge in [-0.15, -0.1) is 0 Å². The summed E-state index contributed by atoms with van der Waals surface area (Å²) < 4.78 is 0. The van der Waals surface area contributed by atoms with E-state index in [-0.39, 0.29) is 12.8 Å². The van der Waals surface area contributed by atoms with Crippen LogP contribution in [0.4, 0.5) is 0 Å². The first kappa shape index (κ1) is 17.7. The van der Waals surface area contributed by atoms with Crippen LogP contribution in [0.2, 0.25) is 0 Å². The monoisotopic (exact) mass is 328 g/mol. The van der Waals surface area contributed by atoms with Gasteiger partial charge in [-0.2, -0.15) is 0 Å². The fraction of sp³-hybridized carbons (Fsp3) is 0.222. The van der Waals surface area contributed by atoms with Crippen LogP contribution in [0.15, 0.2) is 48.5 Å². The van der Waals surface area contributed by atoms with Crippen LogP contribution < -0.4 is 11.5 Å². The molecule has 0 saturated carbocycles. The molecule has 6 heteroatoms. The first-order valence-corrected chi connectivity index (χ1v) is 7.53. The van der Waals surface area contributed by atoms with Gasteiger partial charge in [-0.05, 0) is 35.1 Å². The van der Waals surface area contributed by atoms with Crippen molar-refractivity contribution < 1.29 is 19.8 Å². The summed E-state index contributed by atoms with van der Waals surface area (Å²) in [4.78, 5) is 22.1. The van der Waals surface area contributed by atoms with Gasteiger partial charge in [-0.3, -0.25) is 9.59 Å². The molecule has 0 bridgehead atoms. The molecule has 2 unspecified atom stereocenters. The third-order valence-electron chi connectivity index (χ3n) is 3.84. The van der Waals surface area contributed by atoms with Gasteiger partial charge in [-0.25, -0.2) is 0 Å². The second kappa shape index (κ2) is 7.72. The van der Waals surface area contributed by atoms with E-state index < -0.39 is 24.0 Å². The number of rotatable bonds is 7. The van der Waals surface area contributed by atoms with Gasteiger partial charge in [0, 0.05) is 0 Å². The highest BCUT2D eigenvalue weighted by atomic mass is 16.4. The molecule has 0 aromatic heterocycles. The molecule has 2 aromatic rings. The average Bonchev–Trinajstić information content (AvgIpc) is 2.55. The first-order valence-electron chi connectivity index (χ1n) is 7.53. The van der Waals surface area contributed by atoms with Crippen molar-refractivity contribution in [3.8, 4) is 11.1 Å². The van der Waals surface area contributed by atoms with Crippen molar-refractivity contribution in [1.29, 1.82) is 0 Å². The van der Waals surface area contributed by atoms with Crippen molar-refractivity contribution >= 4 is 11.9 Å². The Balaban J connectivity index is 2.42. The number of carboxylic acid groups (broad SMARTS) is 2. The molecule has 0 aliphatic rings. The summed E-state index contributed by atoms with van der Waals surface area (Å²) in [6.07, 6.45) is 0.371. The second-order valence-corrected chi connectivity index (χ2v) is 5.61. The van der Waals surface area contributed by atoms with E-state index in [0.29, 0.717) is 0 Å². The van der Waals surface area contributed by atoms with Crippen molar-refractivity contribution in [3.63, 3.8) is 0 Å². The molecule has 0 fully saturated rings. The van der Waals surface area contributed by atoms with E-state index in [4.69, 9.17) is 21.7 Å². The Kier molecular flexibility index (Phi) is 5.68. The molecule has 0 amide bonds. The largest absolute Gasteiger partial charge is 0.480 e. The predicted octanol–water partition coefficient (Wildman–Crippen LogP) is 1.26. The Morgan fingerprint density at radius 3 is 1.42 bits per heavy atom. The lowest BCUT2D eigenvalue weighted by Gasteiger charge is -2.16. The number of hydrogen-bond donors (Lipinski definition) is 4. The average molecular weight is 328 g/mol. The molecule has 2 atom stereocenters. The maximum Gasteiger partial charge on any atom is 0.320 e. The molecular formula is C18H20N2O4. The molecule has 2 rings (SSSR count). The molecule has 0 aliphatic heterocycles. The Labute approximate surface area is 139 Å². The van der Waals surface area contributed by atoms with Crippen molar-refractivity contribution in [3.05, 3.63) is 59.7 Å². The zero-order valence-electron chi connectivity index (χ0n) is 13.1. The minimum absolute atomic E-state index is 0.185. The minimum atomic E-state index is -1.06. The third kappa shape index (κ3) is 4.18. The van der Waals surface area contributed by atoms with Crippen LogP contribution in [0.1, 0.15) is 11.1 Å². The molecule has 0 saturated heterocycles. The van der Waals surface area contributed by atoms with Crippen LogP contribution in [0.5, 0.6) is 0 Å². The van der Waals surface area contributed by atoms with Crippen LogP contribution in [0.3, 0.4) is 0 Å². The van der Waals surface area contributed by atoms with E-state index in [9.17, 15) is 9.59 Å². The summed E-state index contributed by atoms with van der Waals surface area (Å²) in [7, 11) is 0. The third-order valence-corrected chi connectivity index (χ3v) is 3.84. The zero-order valence-corrected chi connectivity index (χ0v) is 13.1. The summed E-state index contributed by atoms with van der Waals surface area (Å²) in [5.41, 5.74) is 14.6. The van der Waals surface area contributed by atoms with Crippen molar-refractivity contribution in [2.24, 2.45) is 11.5 Å². The number of carbonyl (C=O) groups is 2. The number of hydrogen-bond acceptors (Lipinski definition) is 4. The van der Waals surface area contributed by atoms with Crippen molar-refractivity contribution in [2.75, 3.05) is 0 Å². The summed E-state index contributed by atoms with van der Waals surface area (Å²) in [5, 5.41) is 18.1. The predicted molar refractivity (Wildman–Crippen MR) is 90.5 cm³/mol. The molecule has 6 nitrogen and oxygen atoms in total. The van der Waals surface area contributed by atoms with Gasteiger partial charge in [0.05, 0.1) is 0 Å². The lowest BCUT2D eigenvalue weighted by atomic mass is 9.90. The maximum absolute atomic E-state index is 11.0. The molecule has 0 heterocycles. The summed E-state index contributed by atoms with van der Waals surface area (Å²) >= 11 is 0. The standard InChI is InChI=1S/C18H20N2O4/c19-15(17(21)22)9-11-5-1-3-7-13(11)14-8-4-2-6-12(14)10-16(20)18(23)24/h1-8,15-16H,9-10,19-20H2,(H,21,22)(H,23,24). The molecule has 126 valence electrons. The van der Waals surface area contributed by atoms with E-state index in [1.165, 1.54) is 0 Å². The lowest BCUT2D eigenvalue weighted by Crippen LogP contribution is -2.33. The van der Waals surface area contributed by atoms with Crippen LogP contribution in [0, 0.1) is 0 Å².